The molecule has 5 nitrogen and oxygen atoms in total. The molecule has 9 rings (SSSR count). The number of rotatable bonds is 6. The largest absolute Gasteiger partial charge is 0.506 e. The number of alkyl halides is 3. The number of aromatic hydroxyl groups is 1. The number of hydrogen-bond acceptors (Lipinski definition) is 5. The maximum Gasteiger partial charge on any atom is 0.455 e. The molecule has 4 aromatic carbocycles. The third-order valence-electron chi connectivity index (χ3n) is 12.8. The van der Waals surface area contributed by atoms with E-state index in [0.29, 0.717) is 21.7 Å². The van der Waals surface area contributed by atoms with E-state index in [1.807, 2.05) is 54.6 Å². The van der Waals surface area contributed by atoms with E-state index in [1.165, 1.54) is 114 Å². The second-order valence-electron chi connectivity index (χ2n) is 16.2. The minimum Gasteiger partial charge on any atom is -0.506 e. The van der Waals surface area contributed by atoms with Crippen LogP contribution >= 0.6 is 18.5 Å². The zero-order valence-electron chi connectivity index (χ0n) is 32.5. The zero-order chi connectivity index (χ0) is 39.7. The topological polar surface area (TPSA) is 76.4 Å². The van der Waals surface area contributed by atoms with Crippen LogP contribution in [0.5, 0.6) is 5.75 Å². The summed E-state index contributed by atoms with van der Waals surface area (Å²) in [4.78, 5) is 25.9. The Morgan fingerprint density at radius 2 is 1.12 bits per heavy atom. The second-order valence-corrected chi connectivity index (χ2v) is 20.9. The van der Waals surface area contributed by atoms with Crippen molar-refractivity contribution in [2.24, 2.45) is 0 Å². The molecule has 0 unspecified atom stereocenters. The van der Waals surface area contributed by atoms with Gasteiger partial charge in [0.2, 0.25) is 0 Å². The molecular weight excluding hydrogens is 913 g/mol. The van der Waals surface area contributed by atoms with Crippen molar-refractivity contribution < 1.29 is 68.0 Å². The molecule has 3 saturated carbocycles. The number of nitrogens with zero attached hydrogens (tertiary/aromatic N) is 1. The van der Waals surface area contributed by atoms with E-state index in [4.69, 9.17) is 0 Å². The van der Waals surface area contributed by atoms with E-state index >= 15 is 0 Å². The molecule has 6 aromatic rings. The Bertz CT molecular complexity index is 2450. The van der Waals surface area contributed by atoms with Crippen LogP contribution in [0.4, 0.5) is 13.2 Å². The third-order valence-corrected chi connectivity index (χ3v) is 19.0. The Kier molecular flexibility index (Phi) is 13.7. The predicted molar refractivity (Wildman–Crippen MR) is 228 cm³/mol. The molecule has 0 radical (unpaired) electrons. The number of fused-ring (bicyclic) bond motifs is 5. The Balaban J connectivity index is 0.000000206. The number of ketones is 1. The van der Waals surface area contributed by atoms with Crippen molar-refractivity contribution >= 4 is 55.3 Å². The fraction of sp³-hybridized carbons (Fsp3) is 0.404. The first-order chi connectivity index (χ1) is 27.6. The Morgan fingerprint density at radius 3 is 1.66 bits per heavy atom. The van der Waals surface area contributed by atoms with Crippen molar-refractivity contribution in [2.45, 2.75) is 119 Å². The van der Waals surface area contributed by atoms with Gasteiger partial charge in [0.25, 0.3) is 11.3 Å². The van der Waals surface area contributed by atoms with Crippen molar-refractivity contribution in [3.63, 3.8) is 0 Å². The molecule has 2 heterocycles. The summed E-state index contributed by atoms with van der Waals surface area (Å²) in [7, 11) is -1.95. The molecule has 58 heavy (non-hydrogen) atoms. The SMILES string of the molecule is O=C(c1c(O)c2ccc3c4ccccc4sc3c2n(-c2ccc(-c3ccccc3)cc2)c1=O)C(F)(F)F.O=P(C1CCCCC1)(C1CCCCC1)C1CCCCC1.[Sm]. The van der Waals surface area contributed by atoms with Crippen LogP contribution in [0.3, 0.4) is 0 Å². The van der Waals surface area contributed by atoms with Crippen LogP contribution in [0.15, 0.2) is 95.8 Å². The first-order valence-electron chi connectivity index (χ1n) is 20.7. The van der Waals surface area contributed by atoms with Gasteiger partial charge >= 0.3 is 6.18 Å². The summed E-state index contributed by atoms with van der Waals surface area (Å²) in [5, 5.41) is 12.5. The predicted octanol–water partition coefficient (Wildman–Crippen LogP) is 13.8. The monoisotopic (exact) mass is 963 g/mol. The first kappa shape index (κ1) is 43.2. The van der Waals surface area contributed by atoms with Gasteiger partial charge in [-0.1, -0.05) is 125 Å². The number of hydrogen-bond donors (Lipinski definition) is 1. The molecule has 11 heteroatoms. The molecular formula is C47H49F3NO4PSSm. The van der Waals surface area contributed by atoms with Crippen LogP contribution in [0.2, 0.25) is 0 Å². The summed E-state index contributed by atoms with van der Waals surface area (Å²) in [5.74, 6) is -3.36. The maximum absolute atomic E-state index is 14.3. The van der Waals surface area contributed by atoms with Gasteiger partial charge in [-0.25, -0.2) is 0 Å². The normalized spacial score (nSPS) is 17.5. The number of pyridine rings is 1. The van der Waals surface area contributed by atoms with Gasteiger partial charge in [0, 0.05) is 83.9 Å². The van der Waals surface area contributed by atoms with Gasteiger partial charge in [-0.3, -0.25) is 14.2 Å². The van der Waals surface area contributed by atoms with Crippen molar-refractivity contribution in [3.8, 4) is 22.6 Å². The molecule has 304 valence electrons. The summed E-state index contributed by atoms with van der Waals surface area (Å²) in [6.45, 7) is 0. The molecule has 1 N–H and O–H groups in total. The van der Waals surface area contributed by atoms with E-state index in [-0.39, 0.29) is 57.0 Å². The van der Waals surface area contributed by atoms with Gasteiger partial charge in [0.1, 0.15) is 11.3 Å². The van der Waals surface area contributed by atoms with Gasteiger partial charge in [0.05, 0.1) is 17.4 Å². The van der Waals surface area contributed by atoms with Gasteiger partial charge in [-0.2, -0.15) is 13.2 Å². The number of carbonyl (C=O) groups is 1. The number of halogens is 3. The average molecular weight is 962 g/mol. The minimum absolute atomic E-state index is 0. The average Bonchev–Trinajstić information content (AvgIpc) is 3.64. The molecule has 2 aromatic heterocycles. The fourth-order valence-electron chi connectivity index (χ4n) is 10.0. The maximum atomic E-state index is 14.3. The van der Waals surface area contributed by atoms with Gasteiger partial charge < -0.3 is 9.67 Å². The Labute approximate surface area is 373 Å². The number of benzene rings is 4. The third kappa shape index (κ3) is 8.40. The fourth-order valence-corrected chi connectivity index (χ4v) is 16.6. The van der Waals surface area contributed by atoms with Crippen LogP contribution in [-0.4, -0.2) is 38.6 Å². The molecule has 0 bridgehead atoms. The first-order valence-corrected chi connectivity index (χ1v) is 23.4. The van der Waals surface area contributed by atoms with Crippen LogP contribution in [0.25, 0.3) is 47.9 Å². The summed E-state index contributed by atoms with van der Waals surface area (Å²) >= 11 is 1.36. The summed E-state index contributed by atoms with van der Waals surface area (Å²) in [6.07, 6.45) is 14.8. The van der Waals surface area contributed by atoms with E-state index in [0.717, 1.165) is 31.2 Å². The van der Waals surface area contributed by atoms with Gasteiger partial charge in [0.15, 0.2) is 0 Å². The van der Waals surface area contributed by atoms with E-state index in [2.05, 4.69) is 0 Å². The van der Waals surface area contributed by atoms with E-state index in [9.17, 15) is 32.4 Å². The molecule has 3 aliphatic carbocycles. The summed E-state index contributed by atoms with van der Waals surface area (Å²) in [5.41, 5.74) is 1.64. The van der Waals surface area contributed by atoms with E-state index < -0.39 is 36.0 Å². The summed E-state index contributed by atoms with van der Waals surface area (Å²) < 4.78 is 57.3. The molecule has 0 spiro atoms. The molecule has 3 fully saturated rings. The number of aromatic nitrogens is 1. The smallest absolute Gasteiger partial charge is 0.455 e. The minimum atomic E-state index is -5.33. The van der Waals surface area contributed by atoms with Crippen LogP contribution in [0.1, 0.15) is 107 Å². The van der Waals surface area contributed by atoms with Gasteiger partial charge in [-0.15, -0.1) is 11.3 Å². The van der Waals surface area contributed by atoms with Crippen molar-refractivity contribution in [1.82, 2.24) is 4.57 Å². The standard InChI is InChI=1S/C29H16F3NO3S.C18H33OP.Sm/c30-29(31,32)27(35)23-25(34)21-15-14-20-19-8-4-5-9-22(19)37-26(20)24(21)33(28(23)36)18-12-10-17(11-13-18)16-6-2-1-3-7-16;19-20(16-10-4-1-5-11-16,17-12-6-2-7-13-17)18-14-8-3-9-15-18;/h1-15,34H;16-18H,1-15H2;. The molecule has 0 atom stereocenters. The quantitative estimate of drug-likeness (QED) is 0.133. The summed E-state index contributed by atoms with van der Waals surface area (Å²) in [6, 6.07) is 26.9. The Morgan fingerprint density at radius 1 is 0.638 bits per heavy atom. The molecule has 0 saturated heterocycles. The number of Topliss-reactive ketones (excluding diaryl/α,β-unsaturated/α-hetero) is 1. The molecule has 0 aliphatic heterocycles. The number of thiophene rings is 1. The number of carbonyl (C=O) groups excluding carboxylic acids is 1. The van der Waals surface area contributed by atoms with Crippen LogP contribution < -0.4 is 5.56 Å². The van der Waals surface area contributed by atoms with Crippen LogP contribution in [-0.2, 0) is 4.57 Å². The van der Waals surface area contributed by atoms with Crippen LogP contribution in [0, 0.1) is 40.4 Å². The zero-order valence-corrected chi connectivity index (χ0v) is 36.8. The second kappa shape index (κ2) is 18.4. The van der Waals surface area contributed by atoms with Gasteiger partial charge in [-0.05, 0) is 73.9 Å². The molecule has 3 aliphatic rings. The molecule has 0 amide bonds. The van der Waals surface area contributed by atoms with Crippen molar-refractivity contribution in [3.05, 3.63) is 107 Å². The van der Waals surface area contributed by atoms with Crippen molar-refractivity contribution in [2.75, 3.05) is 0 Å². The van der Waals surface area contributed by atoms with Crippen molar-refractivity contribution in [1.29, 1.82) is 0 Å². The van der Waals surface area contributed by atoms with E-state index in [1.54, 1.807) is 30.3 Å². The Hall–Kier alpha value is -2.86.